The van der Waals surface area contributed by atoms with Crippen molar-refractivity contribution in [3.63, 3.8) is 0 Å². The number of carbonyl (C=O) groups is 2. The number of rotatable bonds is 2. The zero-order valence-corrected chi connectivity index (χ0v) is 27.6. The molecule has 1 aliphatic carbocycles. The molecule has 11 heteroatoms. The topological polar surface area (TPSA) is 133 Å². The highest BCUT2D eigenvalue weighted by molar-refractivity contribution is 7.90. The van der Waals surface area contributed by atoms with Gasteiger partial charge in [0, 0.05) is 23.7 Å². The van der Waals surface area contributed by atoms with Gasteiger partial charge < -0.3 is 19.8 Å². The minimum absolute atomic E-state index is 0.0162. The Hall–Kier alpha value is -3.08. The van der Waals surface area contributed by atoms with Crippen LogP contribution in [0.5, 0.6) is 5.75 Å². The number of hydrogen-bond acceptors (Lipinski definition) is 7. The molecule has 45 heavy (non-hydrogen) atoms. The summed E-state index contributed by atoms with van der Waals surface area (Å²) in [7, 11) is -4.05. The molecule has 3 N–H and O–H groups in total. The lowest BCUT2D eigenvalue weighted by Gasteiger charge is -2.49. The molecular weight excluding hydrogens is 616 g/mol. The maximum Gasteiger partial charge on any atom is 0.309 e. The quantitative estimate of drug-likeness (QED) is 0.356. The van der Waals surface area contributed by atoms with Crippen molar-refractivity contribution in [1.82, 2.24) is 4.72 Å². The molecule has 1 saturated carbocycles. The molecule has 9 nitrogen and oxygen atoms in total. The zero-order chi connectivity index (χ0) is 32.5. The predicted molar refractivity (Wildman–Crippen MR) is 174 cm³/mol. The Morgan fingerprint density at radius 2 is 1.91 bits per heavy atom. The van der Waals surface area contributed by atoms with E-state index in [1.54, 1.807) is 44.2 Å². The number of anilines is 1. The minimum Gasteiger partial charge on any atom is -0.487 e. The first-order valence-corrected chi connectivity index (χ1v) is 17.7. The molecule has 2 heterocycles. The van der Waals surface area contributed by atoms with Crippen molar-refractivity contribution in [2.75, 3.05) is 18.0 Å². The highest BCUT2D eigenvalue weighted by atomic mass is 35.5. The van der Waals surface area contributed by atoms with E-state index in [-0.39, 0.29) is 30.4 Å². The van der Waals surface area contributed by atoms with Crippen LogP contribution in [-0.4, -0.2) is 54.4 Å². The van der Waals surface area contributed by atoms with Gasteiger partial charge in [-0.2, -0.15) is 0 Å². The number of allylic oxidation sites excluding steroid dienone is 1. The number of halogens is 1. The summed E-state index contributed by atoms with van der Waals surface area (Å²) in [6.07, 6.45) is 7.56. The number of ether oxygens (including phenoxy) is 1. The van der Waals surface area contributed by atoms with E-state index in [9.17, 15) is 28.2 Å². The number of carboxylic acid groups (broad SMARTS) is 1. The van der Waals surface area contributed by atoms with Crippen molar-refractivity contribution < 1.29 is 33.0 Å². The average molecular weight is 659 g/mol. The van der Waals surface area contributed by atoms with Crippen LogP contribution in [0.1, 0.15) is 74.4 Å². The molecule has 244 valence electrons. The number of carboxylic acids is 1. The molecule has 3 aliphatic rings. The van der Waals surface area contributed by atoms with Crippen molar-refractivity contribution in [3.05, 3.63) is 70.3 Å². The summed E-state index contributed by atoms with van der Waals surface area (Å²) < 4.78 is 35.2. The molecule has 2 aliphatic heterocycles. The highest BCUT2D eigenvalue weighted by Gasteiger charge is 2.50. The fraction of sp³-hybridized carbons (Fsp3) is 0.529. The number of nitrogens with one attached hydrogen (secondary N) is 1. The van der Waals surface area contributed by atoms with E-state index >= 15 is 0 Å². The first kappa shape index (κ1) is 33.3. The first-order chi connectivity index (χ1) is 21.3. The summed E-state index contributed by atoms with van der Waals surface area (Å²) in [6.45, 7) is 6.25. The number of nitrogens with zero attached hydrogens (tertiary/aromatic N) is 1. The molecule has 0 aromatic heterocycles. The summed E-state index contributed by atoms with van der Waals surface area (Å²) in [5.74, 6) is -3.05. The lowest BCUT2D eigenvalue weighted by Crippen LogP contribution is -2.54. The Morgan fingerprint density at radius 3 is 2.62 bits per heavy atom. The lowest BCUT2D eigenvalue weighted by atomic mass is 9.60. The van der Waals surface area contributed by atoms with Crippen LogP contribution in [0.3, 0.4) is 0 Å². The van der Waals surface area contributed by atoms with Gasteiger partial charge >= 0.3 is 5.97 Å². The van der Waals surface area contributed by atoms with Crippen LogP contribution in [0.4, 0.5) is 5.69 Å². The molecule has 1 fully saturated rings. The average Bonchev–Trinajstić information content (AvgIpc) is 3.00. The van der Waals surface area contributed by atoms with Crippen LogP contribution in [0, 0.1) is 23.7 Å². The summed E-state index contributed by atoms with van der Waals surface area (Å²) in [6, 6.07) is 10.7. The third kappa shape index (κ3) is 7.03. The van der Waals surface area contributed by atoms with Crippen molar-refractivity contribution in [2.45, 2.75) is 76.8 Å². The van der Waals surface area contributed by atoms with E-state index in [0.29, 0.717) is 36.0 Å². The second-order valence-corrected chi connectivity index (χ2v) is 15.4. The minimum atomic E-state index is -4.05. The van der Waals surface area contributed by atoms with Crippen LogP contribution in [0.2, 0.25) is 5.02 Å². The number of fused-ring (bicyclic) bond motifs is 3. The molecule has 1 amide bonds. The van der Waals surface area contributed by atoms with Crippen LogP contribution in [-0.2, 0) is 27.8 Å². The van der Waals surface area contributed by atoms with Gasteiger partial charge in [0.2, 0.25) is 10.0 Å². The Morgan fingerprint density at radius 1 is 1.13 bits per heavy atom. The van der Waals surface area contributed by atoms with Crippen molar-refractivity contribution in [2.24, 2.45) is 23.7 Å². The number of sulfonamides is 1. The summed E-state index contributed by atoms with van der Waals surface area (Å²) in [4.78, 5) is 27.7. The van der Waals surface area contributed by atoms with Crippen LogP contribution < -0.4 is 14.4 Å². The fourth-order valence-electron chi connectivity index (χ4n) is 6.80. The number of aryl methyl sites for hydroxylation is 1. The molecular formula is C34H43ClN2O7S. The standard InChI is InChI=1S/C34H43ClN2O7S/c1-21-7-6-15-34(41,22(2)33(39)40)29-13-10-26(29)19-37-16-5-4-8-24-17-28(35)12-9-27(24)20-44-31-14-11-25(18-30(31)37)32(38)36-45(42,43)23(21)3/h6,9,11-12,14-15,17-18,21-23,26,29,41H,4-5,7-8,10,13,16,19-20H2,1-3H3,(H,36,38)(H,39,40)/b15-6+/t21-,22-,23+,26-,29+,34-/m0/s1. The first-order valence-electron chi connectivity index (χ1n) is 15.8. The van der Waals surface area contributed by atoms with Gasteiger partial charge in [-0.05, 0) is 112 Å². The lowest BCUT2D eigenvalue weighted by molar-refractivity contribution is -0.156. The van der Waals surface area contributed by atoms with E-state index < -0.39 is 44.6 Å². The second-order valence-electron chi connectivity index (χ2n) is 13.0. The summed E-state index contributed by atoms with van der Waals surface area (Å²) in [5.41, 5.74) is 1.37. The number of carbonyl (C=O) groups excluding carboxylic acids is 1. The van der Waals surface area contributed by atoms with E-state index in [2.05, 4.69) is 9.62 Å². The second kappa shape index (κ2) is 13.3. The Bertz CT molecular complexity index is 1580. The van der Waals surface area contributed by atoms with Crippen LogP contribution in [0.15, 0.2) is 48.6 Å². The molecule has 2 aromatic rings. The van der Waals surface area contributed by atoms with Crippen LogP contribution >= 0.6 is 11.6 Å². The largest absolute Gasteiger partial charge is 0.487 e. The van der Waals surface area contributed by atoms with Gasteiger partial charge in [-0.25, -0.2) is 13.1 Å². The maximum absolute atomic E-state index is 13.4. The van der Waals surface area contributed by atoms with Crippen molar-refractivity contribution >= 4 is 39.2 Å². The third-order valence-electron chi connectivity index (χ3n) is 10.2. The molecule has 6 atom stereocenters. The third-order valence-corrected chi connectivity index (χ3v) is 12.3. The Balaban J connectivity index is 1.59. The molecule has 0 unspecified atom stereocenters. The molecule has 5 rings (SSSR count). The number of aliphatic hydroxyl groups is 1. The molecule has 2 bridgehead atoms. The van der Waals surface area contributed by atoms with Gasteiger partial charge in [0.05, 0.1) is 22.5 Å². The molecule has 0 saturated heterocycles. The van der Waals surface area contributed by atoms with Gasteiger partial charge in [0.25, 0.3) is 5.91 Å². The number of benzene rings is 2. The monoisotopic (exact) mass is 658 g/mol. The number of aliphatic carboxylic acids is 1. The van der Waals surface area contributed by atoms with Crippen LogP contribution in [0.25, 0.3) is 0 Å². The van der Waals surface area contributed by atoms with Gasteiger partial charge in [-0.1, -0.05) is 36.7 Å². The summed E-state index contributed by atoms with van der Waals surface area (Å²) in [5, 5.41) is 21.7. The highest BCUT2D eigenvalue weighted by Crippen LogP contribution is 2.47. The normalized spacial score (nSPS) is 30.2. The molecule has 0 radical (unpaired) electrons. The zero-order valence-electron chi connectivity index (χ0n) is 26.0. The molecule has 0 spiro atoms. The van der Waals surface area contributed by atoms with Gasteiger partial charge in [-0.3, -0.25) is 9.59 Å². The van der Waals surface area contributed by atoms with E-state index in [0.717, 1.165) is 36.8 Å². The van der Waals surface area contributed by atoms with Gasteiger partial charge in [0.1, 0.15) is 12.4 Å². The van der Waals surface area contributed by atoms with E-state index in [1.807, 2.05) is 18.2 Å². The molecule has 2 aromatic carbocycles. The maximum atomic E-state index is 13.4. The van der Waals surface area contributed by atoms with Gasteiger partial charge in [0.15, 0.2) is 0 Å². The van der Waals surface area contributed by atoms with Crippen molar-refractivity contribution in [3.8, 4) is 5.75 Å². The predicted octanol–water partition coefficient (Wildman–Crippen LogP) is 5.58. The van der Waals surface area contributed by atoms with E-state index in [4.69, 9.17) is 16.3 Å². The van der Waals surface area contributed by atoms with E-state index in [1.165, 1.54) is 6.92 Å². The smallest absolute Gasteiger partial charge is 0.309 e. The Kier molecular flexibility index (Phi) is 9.87. The number of hydrogen-bond donors (Lipinski definition) is 3. The summed E-state index contributed by atoms with van der Waals surface area (Å²) >= 11 is 6.31. The SMILES string of the molecule is C[C@@H]1[C@@H](C)C/C=C/[C@](O)([C@@H](C)C(=O)O)[C@@H]2CC[C@H]2CN2CCCCc3cc(Cl)ccc3COc3ccc(cc32)C(=O)NS1(=O)=O. The van der Waals surface area contributed by atoms with Gasteiger partial charge in [-0.15, -0.1) is 0 Å². The fourth-order valence-corrected chi connectivity index (χ4v) is 8.28. The van der Waals surface area contributed by atoms with Crippen molar-refractivity contribution in [1.29, 1.82) is 0 Å². The number of amides is 1. The Labute approximate surface area is 270 Å².